The highest BCUT2D eigenvalue weighted by Gasteiger charge is 2.53. The number of alkyl halides is 1. The van der Waals surface area contributed by atoms with Crippen molar-refractivity contribution in [3.8, 4) is 0 Å². The molecule has 10 rings (SSSR count). The van der Waals surface area contributed by atoms with Crippen LogP contribution in [0.2, 0.25) is 0 Å². The Bertz CT molecular complexity index is 2190. The first-order chi connectivity index (χ1) is 17.8. The van der Waals surface area contributed by atoms with E-state index in [1.807, 2.05) is 0 Å². The number of benzene rings is 6. The molecule has 0 nitrogen and oxygen atoms in total. The maximum absolute atomic E-state index is 6.45. The van der Waals surface area contributed by atoms with Crippen LogP contribution in [-0.2, 0) is 5.41 Å². The molecule has 2 unspecified atom stereocenters. The maximum Gasteiger partial charge on any atom is 0.0325 e. The minimum absolute atomic E-state index is 0.0783. The van der Waals surface area contributed by atoms with E-state index in [2.05, 4.69) is 85.0 Å². The van der Waals surface area contributed by atoms with Crippen molar-refractivity contribution in [3.05, 3.63) is 106 Å². The largest absolute Gasteiger partial charge is 0.127 e. The zero-order valence-corrected chi connectivity index (χ0v) is 20.4. The van der Waals surface area contributed by atoms with Crippen molar-refractivity contribution < 1.29 is 0 Å². The summed E-state index contributed by atoms with van der Waals surface area (Å²) >= 11 is 6.45. The van der Waals surface area contributed by atoms with Gasteiger partial charge in [0.25, 0.3) is 0 Å². The zero-order chi connectivity index (χ0) is 23.3. The summed E-state index contributed by atoms with van der Waals surface area (Å²) in [6.07, 6.45) is 14.1. The molecule has 0 saturated heterocycles. The highest BCUT2D eigenvalue weighted by Crippen LogP contribution is 2.65. The van der Waals surface area contributed by atoms with Crippen LogP contribution in [-0.4, -0.2) is 5.88 Å². The van der Waals surface area contributed by atoms with Crippen molar-refractivity contribution in [2.24, 2.45) is 0 Å². The number of allylic oxidation sites excluding steroid dienone is 5. The second-order valence-corrected chi connectivity index (χ2v) is 11.6. The van der Waals surface area contributed by atoms with E-state index in [0.29, 0.717) is 11.8 Å². The van der Waals surface area contributed by atoms with Crippen LogP contribution in [0.4, 0.5) is 0 Å². The fourth-order valence-corrected chi connectivity index (χ4v) is 8.83. The first-order valence-corrected chi connectivity index (χ1v) is 13.6. The van der Waals surface area contributed by atoms with Crippen LogP contribution in [0.3, 0.4) is 0 Å². The monoisotopic (exact) mass is 476 g/mol. The van der Waals surface area contributed by atoms with Gasteiger partial charge in [-0.1, -0.05) is 78.9 Å². The van der Waals surface area contributed by atoms with Gasteiger partial charge in [0.05, 0.1) is 0 Å². The third-order valence-corrected chi connectivity index (χ3v) is 10.1. The van der Waals surface area contributed by atoms with E-state index >= 15 is 0 Å². The third-order valence-electron chi connectivity index (χ3n) is 9.86. The van der Waals surface area contributed by atoms with Gasteiger partial charge in [0.15, 0.2) is 0 Å². The van der Waals surface area contributed by atoms with Crippen LogP contribution < -0.4 is 5.22 Å². The number of hydrogen-bond acceptors (Lipinski definition) is 0. The molecule has 0 spiro atoms. The molecule has 1 heteroatoms. The Labute approximate surface area is 213 Å². The van der Waals surface area contributed by atoms with E-state index in [-0.39, 0.29) is 5.41 Å². The van der Waals surface area contributed by atoms with E-state index in [1.165, 1.54) is 75.8 Å². The van der Waals surface area contributed by atoms with Gasteiger partial charge in [0.2, 0.25) is 0 Å². The number of halogens is 1. The van der Waals surface area contributed by atoms with Crippen LogP contribution in [0.15, 0.2) is 84.0 Å². The summed E-state index contributed by atoms with van der Waals surface area (Å²) in [5.74, 6) is 1.04. The topological polar surface area (TPSA) is 0 Å². The summed E-state index contributed by atoms with van der Waals surface area (Å²) in [6.45, 7) is 0. The SMILES string of the molecule is ClCCCC12C3=CC=C4C=Cc5ccc6cc7ccc8ccc9ccc(c%10c1c(c6c5C42)c7c8c9%10)=C3. The molecule has 4 aliphatic carbocycles. The summed E-state index contributed by atoms with van der Waals surface area (Å²) in [4.78, 5) is 0. The number of hydrogen-bond donors (Lipinski definition) is 0. The summed E-state index contributed by atoms with van der Waals surface area (Å²) < 4.78 is 0. The van der Waals surface area contributed by atoms with E-state index in [4.69, 9.17) is 11.6 Å². The fraction of sp³-hybridized carbons (Fsp3) is 0.143. The molecule has 0 bridgehead atoms. The maximum atomic E-state index is 6.45. The molecule has 6 aromatic rings. The predicted octanol–water partition coefficient (Wildman–Crippen LogP) is 8.65. The molecule has 4 aliphatic rings. The first-order valence-electron chi connectivity index (χ1n) is 13.1. The fourth-order valence-electron chi connectivity index (χ4n) is 8.69. The van der Waals surface area contributed by atoms with Gasteiger partial charge in [-0.25, -0.2) is 0 Å². The van der Waals surface area contributed by atoms with Gasteiger partial charge in [-0.15, -0.1) is 11.6 Å². The van der Waals surface area contributed by atoms with Gasteiger partial charge < -0.3 is 0 Å². The quantitative estimate of drug-likeness (QED) is 0.136. The van der Waals surface area contributed by atoms with Gasteiger partial charge in [-0.3, -0.25) is 0 Å². The lowest BCUT2D eigenvalue weighted by molar-refractivity contribution is 0.414. The van der Waals surface area contributed by atoms with Crippen LogP contribution in [0.25, 0.3) is 66.0 Å². The Kier molecular flexibility index (Phi) is 3.03. The molecule has 0 radical (unpaired) electrons. The minimum Gasteiger partial charge on any atom is -0.127 e. The molecule has 2 atom stereocenters. The standard InChI is InChI=1S/C35H21Cl/c36-15-1-14-35-25-13-12-21-8-4-20-7-10-23-16-22-9-5-18-2-3-19-6-11-24(17-25)31-27(19)26(18)28(22)32(34(31)35)29(23)30(20)33(21)35/h2-13,16-17,33H,1,14-15H2. The molecule has 0 saturated carbocycles. The van der Waals surface area contributed by atoms with Gasteiger partial charge >= 0.3 is 0 Å². The first kappa shape index (κ1) is 18.6. The molecule has 0 aliphatic heterocycles. The van der Waals surface area contributed by atoms with Crippen molar-refractivity contribution in [3.63, 3.8) is 0 Å². The van der Waals surface area contributed by atoms with Crippen LogP contribution in [0.1, 0.15) is 35.4 Å². The van der Waals surface area contributed by atoms with Crippen molar-refractivity contribution in [1.29, 1.82) is 0 Å². The second-order valence-electron chi connectivity index (χ2n) is 11.2. The zero-order valence-electron chi connectivity index (χ0n) is 19.7. The Morgan fingerprint density at radius 1 is 0.694 bits per heavy atom. The van der Waals surface area contributed by atoms with Crippen LogP contribution >= 0.6 is 11.6 Å². The Hall–Kier alpha value is -3.61. The molecule has 0 amide bonds. The molecular formula is C35H21Cl. The predicted molar refractivity (Wildman–Crippen MR) is 154 cm³/mol. The highest BCUT2D eigenvalue weighted by molar-refractivity contribution is 6.38. The number of rotatable bonds is 3. The van der Waals surface area contributed by atoms with E-state index in [9.17, 15) is 0 Å². The Morgan fingerprint density at radius 2 is 1.42 bits per heavy atom. The Morgan fingerprint density at radius 3 is 2.28 bits per heavy atom. The smallest absolute Gasteiger partial charge is 0.0325 e. The average molecular weight is 477 g/mol. The lowest BCUT2D eigenvalue weighted by Crippen LogP contribution is -2.44. The molecule has 0 N–H and O–H groups in total. The summed E-state index contributed by atoms with van der Waals surface area (Å²) in [7, 11) is 0. The summed E-state index contributed by atoms with van der Waals surface area (Å²) in [6, 6.07) is 21.2. The summed E-state index contributed by atoms with van der Waals surface area (Å²) in [5, 5.41) is 15.7. The second kappa shape index (κ2) is 5.85. The lowest BCUT2D eigenvalue weighted by Gasteiger charge is -2.52. The normalized spacial score (nSPS) is 22.6. The van der Waals surface area contributed by atoms with Crippen LogP contribution in [0.5, 0.6) is 0 Å². The lowest BCUT2D eigenvalue weighted by atomic mass is 9.50. The molecule has 0 fully saturated rings. The van der Waals surface area contributed by atoms with Gasteiger partial charge in [0, 0.05) is 17.2 Å². The van der Waals surface area contributed by atoms with Crippen molar-refractivity contribution in [2.75, 3.05) is 5.88 Å². The van der Waals surface area contributed by atoms with Gasteiger partial charge in [-0.05, 0) is 106 Å². The van der Waals surface area contributed by atoms with Crippen molar-refractivity contribution in [1.82, 2.24) is 0 Å². The molecule has 6 aromatic carbocycles. The molecule has 0 aromatic heterocycles. The molecule has 168 valence electrons. The van der Waals surface area contributed by atoms with E-state index in [1.54, 1.807) is 11.1 Å². The van der Waals surface area contributed by atoms with Gasteiger partial charge in [-0.2, -0.15) is 0 Å². The Balaban J connectivity index is 1.65. The molecular weight excluding hydrogens is 456 g/mol. The van der Waals surface area contributed by atoms with E-state index in [0.717, 1.165) is 12.8 Å². The van der Waals surface area contributed by atoms with Crippen LogP contribution in [0, 0.1) is 0 Å². The van der Waals surface area contributed by atoms with E-state index < -0.39 is 0 Å². The van der Waals surface area contributed by atoms with Crippen molar-refractivity contribution >= 4 is 77.6 Å². The van der Waals surface area contributed by atoms with Gasteiger partial charge in [0.1, 0.15) is 0 Å². The van der Waals surface area contributed by atoms with Crippen molar-refractivity contribution in [2.45, 2.75) is 24.2 Å². The summed E-state index contributed by atoms with van der Waals surface area (Å²) in [5.41, 5.74) is 7.36. The average Bonchev–Trinajstić information content (AvgIpc) is 2.92. The molecule has 36 heavy (non-hydrogen) atoms. The highest BCUT2D eigenvalue weighted by atomic mass is 35.5. The molecule has 0 heterocycles. The minimum atomic E-state index is -0.0783. The third kappa shape index (κ3) is 1.78.